The number of thiazole rings is 1. The molecule has 19 heavy (non-hydrogen) atoms. The van der Waals surface area contributed by atoms with Crippen LogP contribution in [0.1, 0.15) is 21.7 Å². The summed E-state index contributed by atoms with van der Waals surface area (Å²) in [6.07, 6.45) is 3.59. The van der Waals surface area contributed by atoms with Gasteiger partial charge < -0.3 is 10.1 Å². The number of carbonyl (C=O) groups excluding carboxylic acids is 1. The van der Waals surface area contributed by atoms with Crippen LogP contribution in [0.5, 0.6) is 0 Å². The van der Waals surface area contributed by atoms with E-state index in [0.717, 1.165) is 24.5 Å². The second kappa shape index (κ2) is 6.89. The lowest BCUT2D eigenvalue weighted by molar-refractivity contribution is 0.0606. The predicted molar refractivity (Wildman–Crippen MR) is 76.7 cm³/mol. The van der Waals surface area contributed by atoms with Gasteiger partial charge in [-0.15, -0.1) is 0 Å². The first kappa shape index (κ1) is 13.5. The van der Waals surface area contributed by atoms with Crippen molar-refractivity contribution in [3.63, 3.8) is 0 Å². The summed E-state index contributed by atoms with van der Waals surface area (Å²) in [7, 11) is 1.37. The quantitative estimate of drug-likeness (QED) is 0.651. The third kappa shape index (κ3) is 4.06. The topological polar surface area (TPSA) is 51.2 Å². The first-order chi connectivity index (χ1) is 9.29. The zero-order valence-electron chi connectivity index (χ0n) is 10.8. The van der Waals surface area contributed by atoms with Gasteiger partial charge in [0.15, 0.2) is 5.13 Å². The minimum atomic E-state index is -0.338. The highest BCUT2D eigenvalue weighted by molar-refractivity contribution is 7.17. The lowest BCUT2D eigenvalue weighted by atomic mass is 10.1. The van der Waals surface area contributed by atoms with Crippen LogP contribution in [0.4, 0.5) is 5.13 Å². The standard InChI is InChI=1S/C14H16N2O2S/c1-18-13(17)12-10-16-14(19-12)15-9-5-8-11-6-3-2-4-7-11/h2-4,6-7,10H,5,8-9H2,1H3,(H,15,16). The van der Waals surface area contributed by atoms with Gasteiger partial charge in [0.2, 0.25) is 0 Å². The summed E-state index contributed by atoms with van der Waals surface area (Å²) in [6.45, 7) is 0.836. The number of methoxy groups -OCH3 is 1. The van der Waals surface area contributed by atoms with Crippen LogP contribution in [0.2, 0.25) is 0 Å². The van der Waals surface area contributed by atoms with E-state index in [1.54, 1.807) is 0 Å². The van der Waals surface area contributed by atoms with E-state index < -0.39 is 0 Å². The Kier molecular flexibility index (Phi) is 4.92. The van der Waals surface area contributed by atoms with E-state index in [0.29, 0.717) is 4.88 Å². The molecule has 0 fully saturated rings. The molecule has 0 aliphatic heterocycles. The van der Waals surface area contributed by atoms with Crippen molar-refractivity contribution in [2.45, 2.75) is 12.8 Å². The van der Waals surface area contributed by atoms with E-state index in [1.165, 1.54) is 30.2 Å². The van der Waals surface area contributed by atoms with Gasteiger partial charge in [0.05, 0.1) is 13.3 Å². The highest BCUT2D eigenvalue weighted by Gasteiger charge is 2.09. The van der Waals surface area contributed by atoms with E-state index in [4.69, 9.17) is 0 Å². The summed E-state index contributed by atoms with van der Waals surface area (Å²) in [5.41, 5.74) is 1.33. The molecule has 0 atom stereocenters. The number of benzene rings is 1. The van der Waals surface area contributed by atoms with Crippen LogP contribution in [0.15, 0.2) is 36.5 Å². The highest BCUT2D eigenvalue weighted by Crippen LogP contribution is 2.18. The van der Waals surface area contributed by atoms with Gasteiger partial charge in [-0.05, 0) is 18.4 Å². The Morgan fingerprint density at radius 3 is 2.89 bits per heavy atom. The lowest BCUT2D eigenvalue weighted by Crippen LogP contribution is -2.02. The predicted octanol–water partition coefficient (Wildman–Crippen LogP) is 2.97. The number of hydrogen-bond donors (Lipinski definition) is 1. The lowest BCUT2D eigenvalue weighted by Gasteiger charge is -2.02. The van der Waals surface area contributed by atoms with Crippen LogP contribution in [-0.2, 0) is 11.2 Å². The highest BCUT2D eigenvalue weighted by atomic mass is 32.1. The normalized spacial score (nSPS) is 10.2. The van der Waals surface area contributed by atoms with E-state index in [9.17, 15) is 4.79 Å². The maximum absolute atomic E-state index is 11.3. The molecule has 0 saturated heterocycles. The second-order valence-corrected chi connectivity index (χ2v) is 5.07. The number of anilines is 1. The largest absolute Gasteiger partial charge is 0.465 e. The van der Waals surface area contributed by atoms with E-state index in [1.807, 2.05) is 18.2 Å². The molecule has 0 unspecified atom stereocenters. The van der Waals surface area contributed by atoms with Crippen LogP contribution in [0, 0.1) is 0 Å². The summed E-state index contributed by atoms with van der Waals surface area (Å²) in [6, 6.07) is 10.4. The Labute approximate surface area is 116 Å². The van der Waals surface area contributed by atoms with Gasteiger partial charge in [-0.2, -0.15) is 0 Å². The summed E-state index contributed by atoms with van der Waals surface area (Å²) >= 11 is 1.32. The summed E-state index contributed by atoms with van der Waals surface area (Å²) in [5.74, 6) is -0.338. The summed E-state index contributed by atoms with van der Waals surface area (Å²) < 4.78 is 4.64. The van der Waals surface area contributed by atoms with Gasteiger partial charge in [-0.25, -0.2) is 9.78 Å². The minimum absolute atomic E-state index is 0.338. The Balaban J connectivity index is 1.74. The van der Waals surface area contributed by atoms with Crippen molar-refractivity contribution in [1.29, 1.82) is 0 Å². The number of esters is 1. The van der Waals surface area contributed by atoms with Crippen LogP contribution in [-0.4, -0.2) is 24.6 Å². The maximum atomic E-state index is 11.3. The Morgan fingerprint density at radius 1 is 1.37 bits per heavy atom. The molecule has 1 N–H and O–H groups in total. The second-order valence-electron chi connectivity index (χ2n) is 4.04. The molecule has 1 heterocycles. The molecule has 1 aromatic heterocycles. The number of nitrogens with one attached hydrogen (secondary N) is 1. The summed E-state index contributed by atoms with van der Waals surface area (Å²) in [4.78, 5) is 15.9. The SMILES string of the molecule is COC(=O)c1cnc(NCCCc2ccccc2)s1. The number of nitrogens with zero attached hydrogens (tertiary/aromatic N) is 1. The minimum Gasteiger partial charge on any atom is -0.465 e. The average molecular weight is 276 g/mol. The molecule has 0 radical (unpaired) electrons. The first-order valence-corrected chi connectivity index (χ1v) is 6.93. The molecule has 100 valence electrons. The molecular weight excluding hydrogens is 260 g/mol. The Hall–Kier alpha value is -1.88. The van der Waals surface area contributed by atoms with Crippen molar-refractivity contribution in [2.75, 3.05) is 19.0 Å². The molecule has 5 heteroatoms. The first-order valence-electron chi connectivity index (χ1n) is 6.11. The van der Waals surface area contributed by atoms with Crippen molar-refractivity contribution >= 4 is 22.4 Å². The van der Waals surface area contributed by atoms with Gasteiger partial charge in [-0.3, -0.25) is 0 Å². The molecule has 0 saturated carbocycles. The van der Waals surface area contributed by atoms with Crippen LogP contribution in [0.3, 0.4) is 0 Å². The molecule has 0 aliphatic carbocycles. The van der Waals surface area contributed by atoms with E-state index in [2.05, 4.69) is 27.2 Å². The van der Waals surface area contributed by atoms with Gasteiger partial charge in [0, 0.05) is 6.54 Å². The maximum Gasteiger partial charge on any atom is 0.349 e. The zero-order chi connectivity index (χ0) is 13.5. The van der Waals surface area contributed by atoms with Gasteiger partial charge in [0.1, 0.15) is 4.88 Å². The van der Waals surface area contributed by atoms with Crippen LogP contribution >= 0.6 is 11.3 Å². The van der Waals surface area contributed by atoms with Crippen molar-refractivity contribution in [1.82, 2.24) is 4.98 Å². The average Bonchev–Trinajstić information content (AvgIpc) is 2.93. The number of hydrogen-bond acceptors (Lipinski definition) is 5. The van der Waals surface area contributed by atoms with Crippen LogP contribution in [0.25, 0.3) is 0 Å². The van der Waals surface area contributed by atoms with Crippen molar-refractivity contribution in [3.8, 4) is 0 Å². The number of carbonyl (C=O) groups is 1. The molecule has 0 bridgehead atoms. The fourth-order valence-electron chi connectivity index (χ4n) is 1.68. The molecule has 1 aromatic carbocycles. The number of aryl methyl sites for hydroxylation is 1. The number of aromatic nitrogens is 1. The third-order valence-electron chi connectivity index (χ3n) is 2.65. The Morgan fingerprint density at radius 2 is 2.16 bits per heavy atom. The number of rotatable bonds is 6. The molecule has 2 rings (SSSR count). The third-order valence-corrected chi connectivity index (χ3v) is 3.59. The van der Waals surface area contributed by atoms with Gasteiger partial charge in [-0.1, -0.05) is 41.7 Å². The summed E-state index contributed by atoms with van der Waals surface area (Å²) in [5, 5.41) is 3.97. The Bertz CT molecular complexity index is 525. The molecular formula is C14H16N2O2S. The van der Waals surface area contributed by atoms with Crippen molar-refractivity contribution in [3.05, 3.63) is 47.0 Å². The fourth-order valence-corrected chi connectivity index (χ4v) is 2.44. The van der Waals surface area contributed by atoms with Gasteiger partial charge >= 0.3 is 5.97 Å². The molecule has 0 spiro atoms. The number of ether oxygens (including phenoxy) is 1. The van der Waals surface area contributed by atoms with Gasteiger partial charge in [0.25, 0.3) is 0 Å². The smallest absolute Gasteiger partial charge is 0.349 e. The molecule has 4 nitrogen and oxygen atoms in total. The van der Waals surface area contributed by atoms with Crippen molar-refractivity contribution < 1.29 is 9.53 Å². The zero-order valence-corrected chi connectivity index (χ0v) is 11.6. The van der Waals surface area contributed by atoms with E-state index >= 15 is 0 Å². The van der Waals surface area contributed by atoms with E-state index in [-0.39, 0.29) is 5.97 Å². The molecule has 0 amide bonds. The van der Waals surface area contributed by atoms with Crippen LogP contribution < -0.4 is 5.32 Å². The monoisotopic (exact) mass is 276 g/mol. The fraction of sp³-hybridized carbons (Fsp3) is 0.286. The van der Waals surface area contributed by atoms with Crippen molar-refractivity contribution in [2.24, 2.45) is 0 Å². The molecule has 2 aromatic rings. The molecule has 0 aliphatic rings.